The fraction of sp³-hybridized carbons (Fsp3) is 0.429. The molecule has 154 valence electrons. The Balaban J connectivity index is 1.50. The van der Waals surface area contributed by atoms with Crippen LogP contribution in [0.1, 0.15) is 29.4 Å². The van der Waals surface area contributed by atoms with Gasteiger partial charge in [-0.15, -0.1) is 11.3 Å². The topological polar surface area (TPSA) is 59.1 Å². The fourth-order valence-corrected chi connectivity index (χ4v) is 4.96. The zero-order chi connectivity index (χ0) is 20.4. The second-order valence-corrected chi connectivity index (χ2v) is 8.59. The van der Waals surface area contributed by atoms with E-state index in [1.807, 2.05) is 30.3 Å². The first kappa shape index (κ1) is 20.0. The molecule has 0 spiro atoms. The molecule has 0 bridgehead atoms. The monoisotopic (exact) mass is 434 g/mol. The average Bonchev–Trinajstić information content (AvgIpc) is 3.23. The van der Waals surface area contributed by atoms with Crippen molar-refractivity contribution in [3.8, 4) is 5.75 Å². The van der Waals surface area contributed by atoms with Crippen molar-refractivity contribution in [2.24, 2.45) is 5.92 Å². The van der Waals surface area contributed by atoms with E-state index < -0.39 is 0 Å². The summed E-state index contributed by atoms with van der Waals surface area (Å²) in [6.45, 7) is 4.51. The van der Waals surface area contributed by atoms with Crippen LogP contribution in [0.25, 0.3) is 0 Å². The molecule has 1 atom stereocenters. The number of halogens is 1. The van der Waals surface area contributed by atoms with Gasteiger partial charge in [0.05, 0.1) is 34.6 Å². The lowest BCUT2D eigenvalue weighted by Gasteiger charge is -2.31. The van der Waals surface area contributed by atoms with Gasteiger partial charge in [-0.2, -0.15) is 0 Å². The lowest BCUT2D eigenvalue weighted by molar-refractivity contribution is -0.149. The summed E-state index contributed by atoms with van der Waals surface area (Å²) in [6, 6.07) is 9.37. The zero-order valence-corrected chi connectivity index (χ0v) is 17.8. The summed E-state index contributed by atoms with van der Waals surface area (Å²) in [5.41, 5.74) is 0.907. The molecular formula is C21H23ClN2O4S. The SMILES string of the molecule is CCOC(=O)[C@H]1CCCN(C(=O)c2ccc(N3CCOc4ccc(Cl)cc43)s2)C1. The molecule has 1 aromatic carbocycles. The Hall–Kier alpha value is -2.25. The molecular weight excluding hydrogens is 412 g/mol. The van der Waals surface area contributed by atoms with Crippen LogP contribution in [0.3, 0.4) is 0 Å². The zero-order valence-electron chi connectivity index (χ0n) is 16.2. The summed E-state index contributed by atoms with van der Waals surface area (Å²) in [5, 5.41) is 1.62. The Kier molecular flexibility index (Phi) is 5.96. The van der Waals surface area contributed by atoms with E-state index in [9.17, 15) is 9.59 Å². The van der Waals surface area contributed by atoms with Crippen LogP contribution in [0.4, 0.5) is 10.7 Å². The third kappa shape index (κ3) is 4.21. The van der Waals surface area contributed by atoms with E-state index in [4.69, 9.17) is 21.1 Å². The minimum atomic E-state index is -0.236. The minimum Gasteiger partial charge on any atom is -0.490 e. The van der Waals surface area contributed by atoms with Gasteiger partial charge in [0.1, 0.15) is 12.4 Å². The van der Waals surface area contributed by atoms with Gasteiger partial charge in [0.15, 0.2) is 0 Å². The Labute approximate surface area is 179 Å². The number of hydrogen-bond donors (Lipinski definition) is 0. The molecule has 2 aliphatic rings. The number of rotatable bonds is 4. The predicted molar refractivity (Wildman–Crippen MR) is 114 cm³/mol. The standard InChI is InChI=1S/C21H23ClN2O4S/c1-2-27-21(26)14-4-3-9-23(13-14)20(25)18-7-8-19(29-18)24-10-11-28-17-6-5-15(22)12-16(17)24/h5-8,12,14H,2-4,9-11,13H2,1H3/t14-/m0/s1. The third-order valence-electron chi connectivity index (χ3n) is 5.18. The van der Waals surface area contributed by atoms with Gasteiger partial charge < -0.3 is 19.3 Å². The van der Waals surface area contributed by atoms with Crippen LogP contribution in [-0.4, -0.2) is 49.6 Å². The summed E-state index contributed by atoms with van der Waals surface area (Å²) in [5.74, 6) is 0.309. The lowest BCUT2D eigenvalue weighted by atomic mass is 9.98. The highest BCUT2D eigenvalue weighted by Crippen LogP contribution is 2.41. The van der Waals surface area contributed by atoms with Crippen molar-refractivity contribution < 1.29 is 19.1 Å². The number of piperidine rings is 1. The number of anilines is 2. The van der Waals surface area contributed by atoms with Gasteiger partial charge in [0.2, 0.25) is 0 Å². The molecule has 0 N–H and O–H groups in total. The first-order valence-corrected chi connectivity index (χ1v) is 11.0. The Bertz CT molecular complexity index is 916. The van der Waals surface area contributed by atoms with Crippen LogP contribution >= 0.6 is 22.9 Å². The maximum atomic E-state index is 13.0. The molecule has 4 rings (SSSR count). The fourth-order valence-electron chi connectivity index (χ4n) is 3.78. The number of benzene rings is 1. The van der Waals surface area contributed by atoms with Gasteiger partial charge in [0, 0.05) is 18.1 Å². The number of amides is 1. The molecule has 29 heavy (non-hydrogen) atoms. The molecule has 0 saturated carbocycles. The molecule has 3 heterocycles. The van der Waals surface area contributed by atoms with Crippen molar-refractivity contribution in [3.05, 3.63) is 40.2 Å². The summed E-state index contributed by atoms with van der Waals surface area (Å²) < 4.78 is 10.9. The van der Waals surface area contributed by atoms with E-state index in [2.05, 4.69) is 4.90 Å². The molecule has 1 amide bonds. The maximum Gasteiger partial charge on any atom is 0.310 e. The van der Waals surface area contributed by atoms with E-state index >= 15 is 0 Å². The van der Waals surface area contributed by atoms with E-state index in [0.29, 0.717) is 42.7 Å². The van der Waals surface area contributed by atoms with E-state index in [1.54, 1.807) is 11.8 Å². The number of likely N-dealkylation sites (tertiary alicyclic amines) is 1. The highest BCUT2D eigenvalue weighted by atomic mass is 35.5. The second-order valence-electron chi connectivity index (χ2n) is 7.09. The van der Waals surface area contributed by atoms with Gasteiger partial charge in [-0.1, -0.05) is 11.6 Å². The summed E-state index contributed by atoms with van der Waals surface area (Å²) in [7, 11) is 0. The van der Waals surface area contributed by atoms with Crippen molar-refractivity contribution in [2.75, 3.05) is 37.7 Å². The van der Waals surface area contributed by atoms with E-state index in [0.717, 1.165) is 29.3 Å². The average molecular weight is 435 g/mol. The second kappa shape index (κ2) is 8.63. The smallest absolute Gasteiger partial charge is 0.310 e. The largest absolute Gasteiger partial charge is 0.490 e. The Morgan fingerprint density at radius 1 is 1.28 bits per heavy atom. The third-order valence-corrected chi connectivity index (χ3v) is 6.51. The molecule has 2 aliphatic heterocycles. The summed E-state index contributed by atoms with van der Waals surface area (Å²) >= 11 is 7.62. The van der Waals surface area contributed by atoms with Crippen molar-refractivity contribution in [2.45, 2.75) is 19.8 Å². The summed E-state index contributed by atoms with van der Waals surface area (Å²) in [6.07, 6.45) is 1.58. The molecule has 1 saturated heterocycles. The quantitative estimate of drug-likeness (QED) is 0.669. The van der Waals surface area contributed by atoms with Crippen molar-refractivity contribution in [1.29, 1.82) is 0 Å². The van der Waals surface area contributed by atoms with Crippen molar-refractivity contribution in [1.82, 2.24) is 4.90 Å². The first-order chi connectivity index (χ1) is 14.1. The van der Waals surface area contributed by atoms with Gasteiger partial charge in [-0.05, 0) is 50.1 Å². The van der Waals surface area contributed by atoms with Crippen LogP contribution in [0.15, 0.2) is 30.3 Å². The predicted octanol–water partition coefficient (Wildman–Crippen LogP) is 4.35. The highest BCUT2D eigenvalue weighted by molar-refractivity contribution is 7.18. The molecule has 0 aliphatic carbocycles. The molecule has 1 aromatic heterocycles. The number of nitrogens with zero attached hydrogens (tertiary/aromatic N) is 2. The maximum absolute atomic E-state index is 13.0. The molecule has 2 aromatic rings. The van der Waals surface area contributed by atoms with E-state index in [-0.39, 0.29) is 17.8 Å². The number of fused-ring (bicyclic) bond motifs is 1. The Morgan fingerprint density at radius 2 is 2.14 bits per heavy atom. The number of ether oxygens (including phenoxy) is 2. The lowest BCUT2D eigenvalue weighted by Crippen LogP contribution is -2.42. The molecule has 0 unspecified atom stereocenters. The molecule has 1 fully saturated rings. The van der Waals surface area contributed by atoms with Crippen molar-refractivity contribution >= 4 is 45.5 Å². The highest BCUT2D eigenvalue weighted by Gasteiger charge is 2.31. The Morgan fingerprint density at radius 3 is 2.97 bits per heavy atom. The van der Waals surface area contributed by atoms with Crippen LogP contribution < -0.4 is 9.64 Å². The van der Waals surface area contributed by atoms with Gasteiger partial charge >= 0.3 is 5.97 Å². The number of carbonyl (C=O) groups is 2. The van der Waals surface area contributed by atoms with Crippen LogP contribution in [0.2, 0.25) is 5.02 Å². The van der Waals surface area contributed by atoms with Crippen LogP contribution in [0, 0.1) is 5.92 Å². The minimum absolute atomic E-state index is 0.0326. The molecule has 0 radical (unpaired) electrons. The van der Waals surface area contributed by atoms with Gasteiger partial charge in [0.25, 0.3) is 5.91 Å². The number of hydrogen-bond acceptors (Lipinski definition) is 6. The normalized spacial score (nSPS) is 18.8. The summed E-state index contributed by atoms with van der Waals surface area (Å²) in [4.78, 5) is 29.7. The first-order valence-electron chi connectivity index (χ1n) is 9.82. The number of esters is 1. The molecule has 8 heteroatoms. The van der Waals surface area contributed by atoms with Gasteiger partial charge in [-0.25, -0.2) is 0 Å². The van der Waals surface area contributed by atoms with Crippen LogP contribution in [-0.2, 0) is 9.53 Å². The van der Waals surface area contributed by atoms with E-state index in [1.165, 1.54) is 11.3 Å². The van der Waals surface area contributed by atoms with Crippen molar-refractivity contribution in [3.63, 3.8) is 0 Å². The molecule has 6 nitrogen and oxygen atoms in total. The van der Waals surface area contributed by atoms with Crippen LogP contribution in [0.5, 0.6) is 5.75 Å². The number of carbonyl (C=O) groups excluding carboxylic acids is 2. The number of thiophene rings is 1. The van der Waals surface area contributed by atoms with Gasteiger partial charge in [-0.3, -0.25) is 9.59 Å².